The smallest absolute Gasteiger partial charge is 0.248 e. The molecular formula is C16H22N2O2. The number of benzene rings is 1. The van der Waals surface area contributed by atoms with Crippen LogP contribution in [-0.4, -0.2) is 28.3 Å². The van der Waals surface area contributed by atoms with E-state index in [0.29, 0.717) is 6.42 Å². The van der Waals surface area contributed by atoms with Crippen molar-refractivity contribution in [3.8, 4) is 0 Å². The minimum atomic E-state index is -0.550. The van der Waals surface area contributed by atoms with E-state index in [9.17, 15) is 9.59 Å². The highest BCUT2D eigenvalue weighted by Crippen LogP contribution is 2.32. The first-order valence-corrected chi connectivity index (χ1v) is 7.04. The van der Waals surface area contributed by atoms with Gasteiger partial charge in [-0.15, -0.1) is 0 Å². The lowest BCUT2D eigenvalue weighted by molar-refractivity contribution is -0.155. The van der Waals surface area contributed by atoms with Gasteiger partial charge in [0.1, 0.15) is 12.1 Å². The predicted molar refractivity (Wildman–Crippen MR) is 78.0 cm³/mol. The van der Waals surface area contributed by atoms with Gasteiger partial charge in [0.05, 0.1) is 0 Å². The van der Waals surface area contributed by atoms with Crippen molar-refractivity contribution in [2.24, 2.45) is 0 Å². The number of hydrogen-bond acceptors (Lipinski definition) is 2. The van der Waals surface area contributed by atoms with Crippen LogP contribution < -0.4 is 5.32 Å². The summed E-state index contributed by atoms with van der Waals surface area (Å²) in [6.45, 7) is 7.80. The van der Waals surface area contributed by atoms with E-state index < -0.39 is 17.6 Å². The van der Waals surface area contributed by atoms with Crippen molar-refractivity contribution >= 4 is 11.8 Å². The standard InChI is InChI=1S/C16H22N2O2/c1-5-12-15(20)18(16(2,3)4)13(14(19)17-12)11-9-7-6-8-10-11/h6-10,12-13H,5H2,1-4H3,(H,17,19). The second kappa shape index (κ2) is 5.27. The highest BCUT2D eigenvalue weighted by Gasteiger charge is 2.45. The second-order valence-corrected chi connectivity index (χ2v) is 6.16. The van der Waals surface area contributed by atoms with E-state index in [0.717, 1.165) is 5.56 Å². The summed E-state index contributed by atoms with van der Waals surface area (Å²) in [5.41, 5.74) is 0.450. The third-order valence-electron chi connectivity index (χ3n) is 3.60. The van der Waals surface area contributed by atoms with Gasteiger partial charge in [-0.25, -0.2) is 0 Å². The molecule has 1 aliphatic heterocycles. The Morgan fingerprint density at radius 1 is 1.15 bits per heavy atom. The Kier molecular flexibility index (Phi) is 3.84. The van der Waals surface area contributed by atoms with Crippen molar-refractivity contribution in [1.29, 1.82) is 0 Å². The fourth-order valence-electron chi connectivity index (χ4n) is 2.66. The first-order valence-electron chi connectivity index (χ1n) is 7.04. The van der Waals surface area contributed by atoms with Crippen molar-refractivity contribution in [2.75, 3.05) is 0 Å². The topological polar surface area (TPSA) is 49.4 Å². The lowest BCUT2D eigenvalue weighted by Gasteiger charge is -2.46. The van der Waals surface area contributed by atoms with Gasteiger partial charge in [0, 0.05) is 5.54 Å². The normalized spacial score (nSPS) is 23.7. The molecule has 1 aliphatic rings. The summed E-state index contributed by atoms with van der Waals surface area (Å²) in [5, 5.41) is 2.84. The number of carbonyl (C=O) groups excluding carboxylic acids is 2. The molecule has 1 saturated heterocycles. The molecule has 0 bridgehead atoms. The number of amides is 2. The van der Waals surface area contributed by atoms with Crippen LogP contribution in [-0.2, 0) is 9.59 Å². The Balaban J connectivity index is 2.47. The maximum Gasteiger partial charge on any atom is 0.248 e. The number of piperazine rings is 1. The van der Waals surface area contributed by atoms with Crippen LogP contribution in [0.3, 0.4) is 0 Å². The van der Waals surface area contributed by atoms with E-state index in [1.165, 1.54) is 0 Å². The maximum absolute atomic E-state index is 12.6. The van der Waals surface area contributed by atoms with Gasteiger partial charge in [0.2, 0.25) is 11.8 Å². The molecule has 4 heteroatoms. The fraction of sp³-hybridized carbons (Fsp3) is 0.500. The summed E-state index contributed by atoms with van der Waals surface area (Å²) in [5.74, 6) is -0.106. The van der Waals surface area contributed by atoms with Crippen LogP contribution in [0.5, 0.6) is 0 Å². The molecule has 2 unspecified atom stereocenters. The molecule has 0 aromatic heterocycles. The molecule has 2 atom stereocenters. The highest BCUT2D eigenvalue weighted by atomic mass is 16.2. The quantitative estimate of drug-likeness (QED) is 0.899. The van der Waals surface area contributed by atoms with Gasteiger partial charge in [0.25, 0.3) is 0 Å². The molecule has 1 heterocycles. The Labute approximate surface area is 120 Å². The van der Waals surface area contributed by atoms with Gasteiger partial charge in [-0.3, -0.25) is 9.59 Å². The van der Waals surface area contributed by atoms with E-state index in [-0.39, 0.29) is 11.8 Å². The number of hydrogen-bond donors (Lipinski definition) is 1. The average Bonchev–Trinajstić information content (AvgIpc) is 2.40. The zero-order valence-corrected chi connectivity index (χ0v) is 12.5. The van der Waals surface area contributed by atoms with Crippen molar-refractivity contribution in [3.05, 3.63) is 35.9 Å². The summed E-state index contributed by atoms with van der Waals surface area (Å²) < 4.78 is 0. The molecule has 0 saturated carbocycles. The predicted octanol–water partition coefficient (Wildman–Crippen LogP) is 2.26. The van der Waals surface area contributed by atoms with Crippen LogP contribution in [0.1, 0.15) is 45.7 Å². The monoisotopic (exact) mass is 274 g/mol. The van der Waals surface area contributed by atoms with E-state index in [4.69, 9.17) is 0 Å². The lowest BCUT2D eigenvalue weighted by Crippen LogP contribution is -2.63. The molecule has 108 valence electrons. The molecule has 0 spiro atoms. The van der Waals surface area contributed by atoms with E-state index >= 15 is 0 Å². The summed E-state index contributed by atoms with van der Waals surface area (Å²) in [4.78, 5) is 26.8. The van der Waals surface area contributed by atoms with Crippen LogP contribution in [0.2, 0.25) is 0 Å². The van der Waals surface area contributed by atoms with E-state index in [1.807, 2.05) is 58.0 Å². The third kappa shape index (κ3) is 2.55. The van der Waals surface area contributed by atoms with Crippen LogP contribution >= 0.6 is 0 Å². The van der Waals surface area contributed by atoms with Gasteiger partial charge >= 0.3 is 0 Å². The van der Waals surface area contributed by atoms with Gasteiger partial charge in [-0.2, -0.15) is 0 Å². The first-order chi connectivity index (χ1) is 9.36. The lowest BCUT2D eigenvalue weighted by atomic mass is 9.92. The second-order valence-electron chi connectivity index (χ2n) is 6.16. The third-order valence-corrected chi connectivity index (χ3v) is 3.60. The number of nitrogens with one attached hydrogen (secondary N) is 1. The van der Waals surface area contributed by atoms with Crippen molar-refractivity contribution in [3.63, 3.8) is 0 Å². The molecule has 2 amide bonds. The molecule has 1 aromatic carbocycles. The average molecular weight is 274 g/mol. The molecule has 0 aliphatic carbocycles. The van der Waals surface area contributed by atoms with Gasteiger partial charge < -0.3 is 10.2 Å². The molecular weight excluding hydrogens is 252 g/mol. The molecule has 1 N–H and O–H groups in total. The molecule has 20 heavy (non-hydrogen) atoms. The fourth-order valence-corrected chi connectivity index (χ4v) is 2.66. The Morgan fingerprint density at radius 2 is 1.75 bits per heavy atom. The first kappa shape index (κ1) is 14.6. The van der Waals surface area contributed by atoms with Gasteiger partial charge in [0.15, 0.2) is 0 Å². The molecule has 4 nitrogen and oxygen atoms in total. The Morgan fingerprint density at radius 3 is 2.25 bits per heavy atom. The van der Waals surface area contributed by atoms with E-state index in [1.54, 1.807) is 4.90 Å². The summed E-state index contributed by atoms with van der Waals surface area (Å²) in [6.07, 6.45) is 0.610. The molecule has 0 radical (unpaired) electrons. The van der Waals surface area contributed by atoms with E-state index in [2.05, 4.69) is 5.32 Å². The summed E-state index contributed by atoms with van der Waals surface area (Å²) in [6, 6.07) is 8.50. The molecule has 1 fully saturated rings. The molecule has 1 aromatic rings. The minimum absolute atomic E-state index is 0.00606. The van der Waals surface area contributed by atoms with Crippen LogP contribution in [0.4, 0.5) is 0 Å². The largest absolute Gasteiger partial charge is 0.342 e. The Bertz CT molecular complexity index is 505. The number of carbonyl (C=O) groups is 2. The zero-order valence-electron chi connectivity index (χ0n) is 12.5. The number of nitrogens with zero attached hydrogens (tertiary/aromatic N) is 1. The van der Waals surface area contributed by atoms with Gasteiger partial charge in [-0.1, -0.05) is 37.3 Å². The van der Waals surface area contributed by atoms with Crippen LogP contribution in [0, 0.1) is 0 Å². The van der Waals surface area contributed by atoms with Gasteiger partial charge in [-0.05, 0) is 32.8 Å². The maximum atomic E-state index is 12.6. The van der Waals surface area contributed by atoms with Crippen LogP contribution in [0.15, 0.2) is 30.3 Å². The zero-order chi connectivity index (χ0) is 14.9. The minimum Gasteiger partial charge on any atom is -0.342 e. The van der Waals surface area contributed by atoms with Crippen molar-refractivity contribution < 1.29 is 9.59 Å². The van der Waals surface area contributed by atoms with Crippen LogP contribution in [0.25, 0.3) is 0 Å². The Hall–Kier alpha value is -1.84. The molecule has 2 rings (SSSR count). The highest BCUT2D eigenvalue weighted by molar-refractivity contribution is 5.97. The summed E-state index contributed by atoms with van der Waals surface area (Å²) in [7, 11) is 0. The number of rotatable bonds is 2. The SMILES string of the molecule is CCC1NC(=O)C(c2ccccc2)N(C(C)(C)C)C1=O. The summed E-state index contributed by atoms with van der Waals surface area (Å²) >= 11 is 0. The van der Waals surface area contributed by atoms with Crippen molar-refractivity contribution in [2.45, 2.75) is 51.7 Å². The van der Waals surface area contributed by atoms with Crippen molar-refractivity contribution in [1.82, 2.24) is 10.2 Å².